The molecule has 0 unspecified atom stereocenters. The molecule has 0 radical (unpaired) electrons. The molecule has 0 spiro atoms. The van der Waals surface area contributed by atoms with Crippen LogP contribution in [0.3, 0.4) is 0 Å². The molecule has 1 aromatic rings. The minimum Gasteiger partial charge on any atom is -0.380 e. The van der Waals surface area contributed by atoms with Crippen LogP contribution < -0.4 is 4.90 Å². The molecular formula is C14H22N2O. The van der Waals surface area contributed by atoms with Crippen molar-refractivity contribution >= 4 is 5.69 Å². The van der Waals surface area contributed by atoms with E-state index in [4.69, 9.17) is 4.74 Å². The summed E-state index contributed by atoms with van der Waals surface area (Å²) in [4.78, 5) is 4.94. The van der Waals surface area contributed by atoms with E-state index in [1.807, 2.05) is 6.92 Å². The molecule has 2 rings (SSSR count). The lowest BCUT2D eigenvalue weighted by Crippen LogP contribution is -2.47. The van der Waals surface area contributed by atoms with Gasteiger partial charge in [-0.05, 0) is 19.1 Å². The topological polar surface area (TPSA) is 15.7 Å². The Morgan fingerprint density at radius 1 is 1.06 bits per heavy atom. The molecular weight excluding hydrogens is 212 g/mol. The molecule has 3 nitrogen and oxygen atoms in total. The van der Waals surface area contributed by atoms with Crippen molar-refractivity contribution in [2.24, 2.45) is 0 Å². The summed E-state index contributed by atoms with van der Waals surface area (Å²) >= 11 is 0. The van der Waals surface area contributed by atoms with Crippen LogP contribution in [0, 0.1) is 0 Å². The van der Waals surface area contributed by atoms with Crippen LogP contribution in [0.4, 0.5) is 5.69 Å². The Kier molecular flexibility index (Phi) is 4.83. The highest BCUT2D eigenvalue weighted by Crippen LogP contribution is 2.15. The fourth-order valence-corrected chi connectivity index (χ4v) is 2.21. The normalized spacial score (nSPS) is 17.4. The number of nitrogens with zero attached hydrogens (tertiary/aromatic N) is 2. The monoisotopic (exact) mass is 234 g/mol. The molecule has 0 aromatic heterocycles. The lowest BCUT2D eigenvalue weighted by molar-refractivity contribution is 0.111. The van der Waals surface area contributed by atoms with E-state index in [1.165, 1.54) is 5.69 Å². The molecule has 1 saturated heterocycles. The highest BCUT2D eigenvalue weighted by molar-refractivity contribution is 5.46. The highest BCUT2D eigenvalue weighted by atomic mass is 16.5. The first-order valence-electron chi connectivity index (χ1n) is 6.50. The predicted molar refractivity (Wildman–Crippen MR) is 71.6 cm³/mol. The summed E-state index contributed by atoms with van der Waals surface area (Å²) in [5, 5.41) is 0. The molecule has 0 aliphatic carbocycles. The van der Waals surface area contributed by atoms with Gasteiger partial charge in [0.05, 0.1) is 6.61 Å². The van der Waals surface area contributed by atoms with Gasteiger partial charge in [-0.3, -0.25) is 4.90 Å². The third-order valence-corrected chi connectivity index (χ3v) is 3.25. The van der Waals surface area contributed by atoms with E-state index in [2.05, 4.69) is 40.1 Å². The molecule has 94 valence electrons. The number of hydrogen-bond acceptors (Lipinski definition) is 3. The lowest BCUT2D eigenvalue weighted by Gasteiger charge is -2.36. The van der Waals surface area contributed by atoms with Crippen molar-refractivity contribution < 1.29 is 4.74 Å². The molecule has 0 amide bonds. The molecule has 1 aliphatic heterocycles. The zero-order valence-electron chi connectivity index (χ0n) is 10.6. The average molecular weight is 234 g/mol. The van der Waals surface area contributed by atoms with Crippen LogP contribution in [-0.2, 0) is 4.74 Å². The van der Waals surface area contributed by atoms with Gasteiger partial charge in [0.15, 0.2) is 0 Å². The molecule has 1 heterocycles. The largest absolute Gasteiger partial charge is 0.380 e. The summed E-state index contributed by atoms with van der Waals surface area (Å²) in [5.74, 6) is 0. The van der Waals surface area contributed by atoms with Crippen molar-refractivity contribution in [2.75, 3.05) is 50.8 Å². The van der Waals surface area contributed by atoms with Gasteiger partial charge in [-0.25, -0.2) is 0 Å². The van der Waals surface area contributed by atoms with Crippen molar-refractivity contribution in [1.29, 1.82) is 0 Å². The molecule has 0 N–H and O–H groups in total. The second-order valence-electron chi connectivity index (χ2n) is 4.36. The number of ether oxygens (including phenoxy) is 1. The van der Waals surface area contributed by atoms with Crippen molar-refractivity contribution in [2.45, 2.75) is 6.92 Å². The predicted octanol–water partition coefficient (Wildman–Crippen LogP) is 1.85. The van der Waals surface area contributed by atoms with Crippen molar-refractivity contribution in [3.63, 3.8) is 0 Å². The smallest absolute Gasteiger partial charge is 0.0593 e. The maximum atomic E-state index is 5.39. The fourth-order valence-electron chi connectivity index (χ4n) is 2.21. The zero-order chi connectivity index (χ0) is 11.9. The van der Waals surface area contributed by atoms with Crippen molar-refractivity contribution in [1.82, 2.24) is 4.90 Å². The molecule has 1 fully saturated rings. The van der Waals surface area contributed by atoms with Gasteiger partial charge in [0.2, 0.25) is 0 Å². The number of hydrogen-bond donors (Lipinski definition) is 0. The highest BCUT2D eigenvalue weighted by Gasteiger charge is 2.16. The van der Waals surface area contributed by atoms with E-state index in [-0.39, 0.29) is 0 Å². The van der Waals surface area contributed by atoms with E-state index < -0.39 is 0 Å². The van der Waals surface area contributed by atoms with Gasteiger partial charge >= 0.3 is 0 Å². The minimum atomic E-state index is 0.823. The maximum absolute atomic E-state index is 5.39. The first kappa shape index (κ1) is 12.4. The quantitative estimate of drug-likeness (QED) is 0.723. The second-order valence-corrected chi connectivity index (χ2v) is 4.36. The first-order valence-corrected chi connectivity index (χ1v) is 6.50. The van der Waals surface area contributed by atoms with Gasteiger partial charge in [-0.2, -0.15) is 0 Å². The minimum absolute atomic E-state index is 0.823. The van der Waals surface area contributed by atoms with E-state index in [1.54, 1.807) is 0 Å². The van der Waals surface area contributed by atoms with E-state index in [9.17, 15) is 0 Å². The number of para-hydroxylation sites is 1. The van der Waals surface area contributed by atoms with Gasteiger partial charge < -0.3 is 9.64 Å². The third kappa shape index (κ3) is 3.72. The third-order valence-electron chi connectivity index (χ3n) is 3.25. The summed E-state index contributed by atoms with van der Waals surface area (Å²) in [6.07, 6.45) is 0. The maximum Gasteiger partial charge on any atom is 0.0593 e. The van der Waals surface area contributed by atoms with Gasteiger partial charge in [-0.15, -0.1) is 0 Å². The van der Waals surface area contributed by atoms with Crippen LogP contribution >= 0.6 is 0 Å². The van der Waals surface area contributed by atoms with Crippen molar-refractivity contribution in [3.8, 4) is 0 Å². The fraction of sp³-hybridized carbons (Fsp3) is 0.571. The summed E-state index contributed by atoms with van der Waals surface area (Å²) in [6, 6.07) is 10.7. The number of rotatable bonds is 5. The average Bonchev–Trinajstić information content (AvgIpc) is 2.41. The summed E-state index contributed by atoms with van der Waals surface area (Å²) in [5.41, 5.74) is 1.34. The SMILES string of the molecule is CCOCCN1CCN(c2ccccc2)CC1. The molecule has 1 aromatic carbocycles. The van der Waals surface area contributed by atoms with Gasteiger partial charge in [-0.1, -0.05) is 18.2 Å². The molecule has 0 saturated carbocycles. The number of piperazine rings is 1. The Labute approximate surface area is 104 Å². The zero-order valence-corrected chi connectivity index (χ0v) is 10.6. The van der Waals surface area contributed by atoms with E-state index >= 15 is 0 Å². The Balaban J connectivity index is 1.74. The Morgan fingerprint density at radius 2 is 1.76 bits per heavy atom. The van der Waals surface area contributed by atoms with Crippen LogP contribution in [0.25, 0.3) is 0 Å². The summed E-state index contributed by atoms with van der Waals surface area (Å²) < 4.78 is 5.39. The number of benzene rings is 1. The summed E-state index contributed by atoms with van der Waals surface area (Å²) in [6.45, 7) is 9.33. The van der Waals surface area contributed by atoms with Crippen LogP contribution in [-0.4, -0.2) is 50.8 Å². The first-order chi connectivity index (χ1) is 8.40. The summed E-state index contributed by atoms with van der Waals surface area (Å²) in [7, 11) is 0. The molecule has 1 aliphatic rings. The number of anilines is 1. The van der Waals surface area contributed by atoms with E-state index in [0.29, 0.717) is 0 Å². The molecule has 17 heavy (non-hydrogen) atoms. The molecule has 3 heteroatoms. The standard InChI is InChI=1S/C14H22N2O/c1-2-17-13-12-15-8-10-16(11-9-15)14-6-4-3-5-7-14/h3-7H,2,8-13H2,1H3. The Bertz CT molecular complexity index is 307. The van der Waals surface area contributed by atoms with Crippen molar-refractivity contribution in [3.05, 3.63) is 30.3 Å². The second kappa shape index (κ2) is 6.62. The van der Waals surface area contributed by atoms with Crippen LogP contribution in [0.1, 0.15) is 6.92 Å². The molecule has 0 bridgehead atoms. The van der Waals surface area contributed by atoms with E-state index in [0.717, 1.165) is 45.9 Å². The van der Waals surface area contributed by atoms with Crippen LogP contribution in [0.5, 0.6) is 0 Å². The Hall–Kier alpha value is -1.06. The van der Waals surface area contributed by atoms with Gasteiger partial charge in [0.25, 0.3) is 0 Å². The van der Waals surface area contributed by atoms with Crippen LogP contribution in [0.2, 0.25) is 0 Å². The Morgan fingerprint density at radius 3 is 2.41 bits per heavy atom. The lowest BCUT2D eigenvalue weighted by atomic mass is 10.2. The molecule has 0 atom stereocenters. The van der Waals surface area contributed by atoms with Gasteiger partial charge in [0, 0.05) is 45.0 Å². The van der Waals surface area contributed by atoms with Crippen LogP contribution in [0.15, 0.2) is 30.3 Å². The van der Waals surface area contributed by atoms with Gasteiger partial charge in [0.1, 0.15) is 0 Å².